The van der Waals surface area contributed by atoms with E-state index >= 15 is 8.78 Å². The summed E-state index contributed by atoms with van der Waals surface area (Å²) in [5, 5.41) is 7.52. The Morgan fingerprint density at radius 3 is 2.84 bits per heavy atom. The van der Waals surface area contributed by atoms with Crippen molar-refractivity contribution in [2.24, 2.45) is 5.41 Å². The number of halogens is 2. The standard InChI is InChI=1S/C26H31F2N5O2S2/c1-12-30-24-22(36-12)20(29)21(37-24)23(34)31-14-7-15-17(35-10-14)8-16(19(28)18(15)27)33-9-13-5-6-26(11-33,32-13)25(2,3)4/h8,13-14,32H,5-7,9-11,29H2,1-4H3,(H,31,34)/t13?,14-,26?/m1/s1. The van der Waals surface area contributed by atoms with Crippen LogP contribution in [-0.2, 0) is 6.42 Å². The number of nitrogen functional groups attached to an aromatic ring is 1. The van der Waals surface area contributed by atoms with Crippen molar-refractivity contribution in [3.05, 3.63) is 33.1 Å². The van der Waals surface area contributed by atoms with E-state index < -0.39 is 17.7 Å². The number of aromatic nitrogens is 1. The summed E-state index contributed by atoms with van der Waals surface area (Å²) in [4.78, 5) is 20.4. The predicted octanol–water partition coefficient (Wildman–Crippen LogP) is 4.62. The number of aryl methyl sites for hydroxylation is 1. The molecule has 0 spiro atoms. The lowest BCUT2D eigenvalue weighted by molar-refractivity contribution is 0.0919. The highest BCUT2D eigenvalue weighted by molar-refractivity contribution is 7.29. The second kappa shape index (κ2) is 8.51. The number of amides is 1. The van der Waals surface area contributed by atoms with Crippen molar-refractivity contribution < 1.29 is 18.3 Å². The lowest BCUT2D eigenvalue weighted by Crippen LogP contribution is -2.65. The first kappa shape index (κ1) is 24.8. The summed E-state index contributed by atoms with van der Waals surface area (Å²) in [6, 6.07) is 1.37. The first-order valence-corrected chi connectivity index (χ1v) is 14.2. The van der Waals surface area contributed by atoms with Crippen molar-refractivity contribution in [2.45, 2.75) is 64.6 Å². The highest BCUT2D eigenvalue weighted by Gasteiger charge is 2.51. The molecule has 2 fully saturated rings. The first-order chi connectivity index (χ1) is 17.5. The van der Waals surface area contributed by atoms with Crippen LogP contribution >= 0.6 is 22.7 Å². The SMILES string of the molecule is Cc1nc2sc(C(=O)N[C@H]3COc4cc(N5CC6CCC(C(C)(C)C)(C5)N6)c(F)c(F)c4C3)c(N)c2s1. The van der Waals surface area contributed by atoms with Crippen LogP contribution in [0.5, 0.6) is 5.75 Å². The molecule has 0 aliphatic carbocycles. The molecule has 6 rings (SSSR count). The fourth-order valence-corrected chi connectivity index (χ4v) is 8.06. The molecule has 2 saturated heterocycles. The topological polar surface area (TPSA) is 92.5 Å². The number of benzene rings is 1. The molecule has 1 aromatic carbocycles. The number of piperazine rings is 1. The maximum absolute atomic E-state index is 15.5. The number of thiazole rings is 1. The molecule has 11 heteroatoms. The van der Waals surface area contributed by atoms with Gasteiger partial charge in [-0.2, -0.15) is 0 Å². The van der Waals surface area contributed by atoms with Crippen LogP contribution in [0.2, 0.25) is 0 Å². The normalized spacial score (nSPS) is 25.3. The monoisotopic (exact) mass is 547 g/mol. The Bertz CT molecular complexity index is 1410. The van der Waals surface area contributed by atoms with Crippen LogP contribution in [0.3, 0.4) is 0 Å². The molecule has 0 radical (unpaired) electrons. The van der Waals surface area contributed by atoms with Crippen LogP contribution in [0, 0.1) is 24.0 Å². The van der Waals surface area contributed by atoms with Crippen molar-refractivity contribution in [1.82, 2.24) is 15.6 Å². The molecule has 2 bridgehead atoms. The van der Waals surface area contributed by atoms with Gasteiger partial charge in [-0.05, 0) is 25.2 Å². The lowest BCUT2D eigenvalue weighted by atomic mass is 9.72. The van der Waals surface area contributed by atoms with Gasteiger partial charge in [0.1, 0.15) is 22.1 Å². The first-order valence-electron chi connectivity index (χ1n) is 12.6. The molecule has 1 amide bonds. The minimum atomic E-state index is -0.905. The van der Waals surface area contributed by atoms with Crippen LogP contribution < -0.4 is 26.0 Å². The van der Waals surface area contributed by atoms with Crippen molar-refractivity contribution >= 4 is 49.5 Å². The Morgan fingerprint density at radius 1 is 1.32 bits per heavy atom. The maximum Gasteiger partial charge on any atom is 0.263 e. The number of nitrogens with zero attached hydrogens (tertiary/aromatic N) is 2. The number of fused-ring (bicyclic) bond motifs is 4. The van der Waals surface area contributed by atoms with Crippen molar-refractivity contribution in [2.75, 3.05) is 30.3 Å². The second-order valence-corrected chi connectivity index (χ2v) is 13.7. The average molecular weight is 548 g/mol. The van der Waals surface area contributed by atoms with E-state index in [1.165, 1.54) is 22.7 Å². The van der Waals surface area contributed by atoms with E-state index in [0.717, 1.165) is 27.4 Å². The third kappa shape index (κ3) is 3.97. The zero-order valence-corrected chi connectivity index (χ0v) is 23.0. The molecular weight excluding hydrogens is 516 g/mol. The molecule has 3 atom stereocenters. The molecule has 7 nitrogen and oxygen atoms in total. The number of ether oxygens (including phenoxy) is 1. The molecule has 2 aromatic heterocycles. The van der Waals surface area contributed by atoms with Gasteiger partial charge >= 0.3 is 0 Å². The zero-order chi connectivity index (χ0) is 26.3. The van der Waals surface area contributed by atoms with Crippen LogP contribution in [0.15, 0.2) is 6.07 Å². The minimum absolute atomic E-state index is 0.0262. The van der Waals surface area contributed by atoms with E-state index in [1.54, 1.807) is 6.07 Å². The molecular formula is C26H31F2N5O2S2. The van der Waals surface area contributed by atoms with Gasteiger partial charge in [-0.1, -0.05) is 20.8 Å². The largest absolute Gasteiger partial charge is 0.491 e. The summed E-state index contributed by atoms with van der Waals surface area (Å²) in [6.45, 7) is 9.86. The summed E-state index contributed by atoms with van der Waals surface area (Å²) in [7, 11) is 0. The van der Waals surface area contributed by atoms with Gasteiger partial charge in [0.05, 0.1) is 27.1 Å². The van der Waals surface area contributed by atoms with Crippen molar-refractivity contribution in [3.8, 4) is 5.75 Å². The van der Waals surface area contributed by atoms with Crippen LogP contribution in [0.4, 0.5) is 20.2 Å². The molecule has 5 heterocycles. The van der Waals surface area contributed by atoms with Crippen molar-refractivity contribution in [3.63, 3.8) is 0 Å². The number of nitrogens with one attached hydrogen (secondary N) is 2. The Labute approximate surface area is 222 Å². The molecule has 3 aliphatic rings. The number of hydrogen-bond acceptors (Lipinski definition) is 8. The van der Waals surface area contributed by atoms with E-state index in [9.17, 15) is 4.79 Å². The number of hydrogen-bond donors (Lipinski definition) is 3. The Kier molecular flexibility index (Phi) is 5.70. The maximum atomic E-state index is 15.5. The van der Waals surface area contributed by atoms with E-state index in [-0.39, 0.29) is 47.2 Å². The average Bonchev–Trinajstić information content (AvgIpc) is 3.47. The summed E-state index contributed by atoms with van der Waals surface area (Å²) in [5.74, 6) is -1.78. The molecule has 2 unspecified atom stereocenters. The van der Waals surface area contributed by atoms with Gasteiger partial charge < -0.3 is 26.0 Å². The molecule has 198 valence electrons. The van der Waals surface area contributed by atoms with Crippen LogP contribution in [0.1, 0.15) is 53.9 Å². The second-order valence-electron chi connectivity index (χ2n) is 11.5. The Hall–Kier alpha value is -2.50. The third-order valence-electron chi connectivity index (χ3n) is 8.15. The van der Waals surface area contributed by atoms with Gasteiger partial charge in [0.15, 0.2) is 11.6 Å². The van der Waals surface area contributed by atoms with Gasteiger partial charge in [-0.15, -0.1) is 22.7 Å². The number of carbonyl (C=O) groups is 1. The highest BCUT2D eigenvalue weighted by Crippen LogP contribution is 2.45. The van der Waals surface area contributed by atoms with Crippen LogP contribution in [-0.4, -0.2) is 48.2 Å². The number of nitrogens with two attached hydrogens (primary N) is 1. The summed E-state index contributed by atoms with van der Waals surface area (Å²) in [5.41, 5.74) is 6.81. The van der Waals surface area contributed by atoms with E-state index in [4.69, 9.17) is 10.5 Å². The molecule has 3 aliphatic heterocycles. The fourth-order valence-electron chi connectivity index (χ4n) is 5.97. The summed E-state index contributed by atoms with van der Waals surface area (Å²) >= 11 is 2.68. The molecule has 3 aromatic rings. The van der Waals surface area contributed by atoms with E-state index in [0.29, 0.717) is 29.4 Å². The quantitative estimate of drug-likeness (QED) is 0.443. The fraction of sp³-hybridized carbons (Fsp3) is 0.538. The van der Waals surface area contributed by atoms with Crippen LogP contribution in [0.25, 0.3) is 9.53 Å². The van der Waals surface area contributed by atoms with E-state index in [2.05, 4.69) is 36.4 Å². The van der Waals surface area contributed by atoms with Crippen molar-refractivity contribution in [1.29, 1.82) is 0 Å². The molecule has 37 heavy (non-hydrogen) atoms. The molecule has 0 saturated carbocycles. The number of rotatable bonds is 3. The van der Waals surface area contributed by atoms with Gasteiger partial charge in [0.25, 0.3) is 5.91 Å². The predicted molar refractivity (Wildman–Crippen MR) is 144 cm³/mol. The Morgan fingerprint density at radius 2 is 2.11 bits per heavy atom. The summed E-state index contributed by atoms with van der Waals surface area (Å²) in [6.07, 6.45) is 2.16. The van der Waals surface area contributed by atoms with Gasteiger partial charge in [0, 0.05) is 42.7 Å². The summed E-state index contributed by atoms with van der Waals surface area (Å²) < 4.78 is 37.6. The van der Waals surface area contributed by atoms with Gasteiger partial charge in [0.2, 0.25) is 0 Å². The number of carbonyl (C=O) groups excluding carboxylic acids is 1. The number of thiophene rings is 1. The third-order valence-corrected chi connectivity index (χ3v) is 10.4. The Balaban J connectivity index is 1.22. The van der Waals surface area contributed by atoms with Gasteiger partial charge in [-0.3, -0.25) is 4.79 Å². The van der Waals surface area contributed by atoms with Gasteiger partial charge in [-0.25, -0.2) is 13.8 Å². The zero-order valence-electron chi connectivity index (χ0n) is 21.3. The highest BCUT2D eigenvalue weighted by atomic mass is 32.1. The van der Waals surface area contributed by atoms with E-state index in [1.807, 2.05) is 11.8 Å². The lowest BCUT2D eigenvalue weighted by Gasteiger charge is -2.50. The smallest absolute Gasteiger partial charge is 0.263 e. The number of anilines is 2. The molecule has 4 N–H and O–H groups in total. The minimum Gasteiger partial charge on any atom is -0.491 e.